The monoisotopic (exact) mass is 302 g/mol. The van der Waals surface area contributed by atoms with Crippen molar-refractivity contribution in [1.82, 2.24) is 9.80 Å². The molecule has 5 nitrogen and oxygen atoms in total. The van der Waals surface area contributed by atoms with Gasteiger partial charge in [0.1, 0.15) is 6.26 Å². The number of piperidine rings is 1. The van der Waals surface area contributed by atoms with Gasteiger partial charge in [-0.1, -0.05) is 0 Å². The van der Waals surface area contributed by atoms with E-state index in [1.807, 2.05) is 4.90 Å². The molecule has 1 aromatic heterocycles. The number of carbonyl (C=O) groups excluding carboxylic acids is 2. The number of rotatable bonds is 3. The molecule has 2 amide bonds. The Hall–Kier alpha value is -1.78. The summed E-state index contributed by atoms with van der Waals surface area (Å²) in [7, 11) is 0. The van der Waals surface area contributed by atoms with E-state index in [9.17, 15) is 9.59 Å². The summed E-state index contributed by atoms with van der Waals surface area (Å²) in [6.45, 7) is 3.21. The topological polar surface area (TPSA) is 53.8 Å². The highest BCUT2D eigenvalue weighted by Gasteiger charge is 2.49. The average Bonchev–Trinajstić information content (AvgIpc) is 3.09. The first-order valence-corrected chi connectivity index (χ1v) is 8.29. The molecule has 1 aliphatic carbocycles. The van der Waals surface area contributed by atoms with E-state index >= 15 is 0 Å². The second-order valence-electron chi connectivity index (χ2n) is 7.03. The molecule has 0 unspecified atom stereocenters. The summed E-state index contributed by atoms with van der Waals surface area (Å²) in [6, 6.07) is 1.70. The van der Waals surface area contributed by atoms with Crippen LogP contribution in [-0.2, 0) is 4.79 Å². The molecule has 3 heterocycles. The van der Waals surface area contributed by atoms with Crippen molar-refractivity contribution in [3.63, 3.8) is 0 Å². The maximum absolute atomic E-state index is 12.8. The largest absolute Gasteiger partial charge is 0.472 e. The highest BCUT2D eigenvalue weighted by molar-refractivity contribution is 5.94. The molecular formula is C17H22N2O3. The molecule has 5 heteroatoms. The number of amides is 2. The van der Waals surface area contributed by atoms with Gasteiger partial charge in [0, 0.05) is 26.2 Å². The van der Waals surface area contributed by atoms with Crippen LogP contribution in [0.3, 0.4) is 0 Å². The highest BCUT2D eigenvalue weighted by Crippen LogP contribution is 2.43. The maximum atomic E-state index is 12.8. The lowest BCUT2D eigenvalue weighted by Crippen LogP contribution is -2.46. The van der Waals surface area contributed by atoms with E-state index < -0.39 is 0 Å². The Balaban J connectivity index is 1.39. The van der Waals surface area contributed by atoms with Crippen molar-refractivity contribution in [3.8, 4) is 0 Å². The third-order valence-corrected chi connectivity index (χ3v) is 5.55. The van der Waals surface area contributed by atoms with Gasteiger partial charge in [-0.25, -0.2) is 0 Å². The normalized spacial score (nSPS) is 24.3. The first-order valence-electron chi connectivity index (χ1n) is 8.29. The van der Waals surface area contributed by atoms with Crippen molar-refractivity contribution in [3.05, 3.63) is 24.2 Å². The molecule has 1 spiro atoms. The van der Waals surface area contributed by atoms with Crippen LogP contribution in [0, 0.1) is 11.3 Å². The molecule has 118 valence electrons. The van der Waals surface area contributed by atoms with Gasteiger partial charge in [0.25, 0.3) is 5.91 Å². The summed E-state index contributed by atoms with van der Waals surface area (Å²) in [5.41, 5.74) is 0.409. The van der Waals surface area contributed by atoms with Crippen LogP contribution in [0.15, 0.2) is 23.0 Å². The molecule has 3 fully saturated rings. The third-order valence-electron chi connectivity index (χ3n) is 5.55. The second kappa shape index (κ2) is 5.14. The van der Waals surface area contributed by atoms with E-state index in [1.54, 1.807) is 6.07 Å². The van der Waals surface area contributed by atoms with Crippen molar-refractivity contribution in [1.29, 1.82) is 0 Å². The van der Waals surface area contributed by atoms with E-state index in [2.05, 4.69) is 4.90 Å². The van der Waals surface area contributed by atoms with E-state index in [0.717, 1.165) is 38.3 Å². The number of furan rings is 1. The smallest absolute Gasteiger partial charge is 0.257 e. The molecule has 2 aliphatic heterocycles. The summed E-state index contributed by atoms with van der Waals surface area (Å²) < 4.78 is 4.99. The van der Waals surface area contributed by atoms with Crippen LogP contribution in [0.4, 0.5) is 0 Å². The summed E-state index contributed by atoms with van der Waals surface area (Å²) in [5, 5.41) is 0. The van der Waals surface area contributed by atoms with Gasteiger partial charge < -0.3 is 14.2 Å². The molecule has 0 atom stereocenters. The van der Waals surface area contributed by atoms with Crippen molar-refractivity contribution in [2.24, 2.45) is 11.3 Å². The minimum absolute atomic E-state index is 0.0175. The lowest BCUT2D eigenvalue weighted by Gasteiger charge is -2.37. The predicted octanol–water partition coefficient (Wildman–Crippen LogP) is 2.14. The Morgan fingerprint density at radius 1 is 1.23 bits per heavy atom. The first-order chi connectivity index (χ1) is 10.7. The Kier molecular flexibility index (Phi) is 3.24. The number of carbonyl (C=O) groups is 2. The summed E-state index contributed by atoms with van der Waals surface area (Å²) in [4.78, 5) is 29.0. The van der Waals surface area contributed by atoms with Crippen LogP contribution in [-0.4, -0.2) is 47.8 Å². The molecule has 4 rings (SSSR count). The molecule has 0 radical (unpaired) electrons. The van der Waals surface area contributed by atoms with Gasteiger partial charge in [-0.2, -0.15) is 0 Å². The van der Waals surface area contributed by atoms with Crippen molar-refractivity contribution >= 4 is 11.8 Å². The van der Waals surface area contributed by atoms with Gasteiger partial charge in [0.15, 0.2) is 0 Å². The Morgan fingerprint density at radius 3 is 2.59 bits per heavy atom. The van der Waals surface area contributed by atoms with Gasteiger partial charge in [-0.15, -0.1) is 0 Å². The lowest BCUT2D eigenvalue weighted by atomic mass is 9.77. The number of hydrogen-bond acceptors (Lipinski definition) is 3. The van der Waals surface area contributed by atoms with Crippen LogP contribution in [0.2, 0.25) is 0 Å². The Bertz CT molecular complexity index is 569. The predicted molar refractivity (Wildman–Crippen MR) is 80.2 cm³/mol. The van der Waals surface area contributed by atoms with E-state index in [0.29, 0.717) is 24.6 Å². The molecule has 1 saturated carbocycles. The number of likely N-dealkylation sites (tertiary alicyclic amines) is 2. The molecular weight excluding hydrogens is 280 g/mol. The fourth-order valence-corrected chi connectivity index (χ4v) is 3.85. The quantitative estimate of drug-likeness (QED) is 0.859. The zero-order valence-corrected chi connectivity index (χ0v) is 12.8. The molecule has 3 aliphatic rings. The van der Waals surface area contributed by atoms with Gasteiger partial charge in [-0.05, 0) is 44.1 Å². The Morgan fingerprint density at radius 2 is 1.95 bits per heavy atom. The van der Waals surface area contributed by atoms with Gasteiger partial charge in [0.05, 0.1) is 17.2 Å². The average molecular weight is 302 g/mol. The highest BCUT2D eigenvalue weighted by atomic mass is 16.3. The summed E-state index contributed by atoms with van der Waals surface area (Å²) >= 11 is 0. The van der Waals surface area contributed by atoms with Gasteiger partial charge in [-0.3, -0.25) is 9.59 Å². The fourth-order valence-electron chi connectivity index (χ4n) is 3.85. The molecule has 0 aromatic carbocycles. The van der Waals surface area contributed by atoms with E-state index in [-0.39, 0.29) is 11.3 Å². The Labute approximate surface area is 130 Å². The zero-order valence-electron chi connectivity index (χ0n) is 12.8. The first kappa shape index (κ1) is 13.9. The summed E-state index contributed by atoms with van der Waals surface area (Å²) in [5.74, 6) is 1.11. The molecule has 1 aromatic rings. The SMILES string of the molecule is O=C(c1ccoc1)N1CCC2(CC1)CCN(CC1CC1)C2=O. The van der Waals surface area contributed by atoms with Crippen LogP contribution < -0.4 is 0 Å². The van der Waals surface area contributed by atoms with Crippen molar-refractivity contribution in [2.45, 2.75) is 32.1 Å². The van der Waals surface area contributed by atoms with Crippen molar-refractivity contribution < 1.29 is 14.0 Å². The molecule has 22 heavy (non-hydrogen) atoms. The van der Waals surface area contributed by atoms with Crippen molar-refractivity contribution in [2.75, 3.05) is 26.2 Å². The maximum Gasteiger partial charge on any atom is 0.257 e. The van der Waals surface area contributed by atoms with Crippen LogP contribution in [0.1, 0.15) is 42.5 Å². The summed E-state index contributed by atoms with van der Waals surface area (Å²) in [6.07, 6.45) is 8.15. The van der Waals surface area contributed by atoms with E-state index in [4.69, 9.17) is 4.42 Å². The van der Waals surface area contributed by atoms with Crippen LogP contribution >= 0.6 is 0 Å². The number of hydrogen-bond donors (Lipinski definition) is 0. The van der Waals surface area contributed by atoms with E-state index in [1.165, 1.54) is 25.4 Å². The fraction of sp³-hybridized carbons (Fsp3) is 0.647. The third kappa shape index (κ3) is 2.32. The molecule has 0 N–H and O–H groups in total. The minimum Gasteiger partial charge on any atom is -0.472 e. The zero-order chi connectivity index (χ0) is 15.2. The van der Waals surface area contributed by atoms with Gasteiger partial charge >= 0.3 is 0 Å². The second-order valence-corrected chi connectivity index (χ2v) is 7.03. The van der Waals surface area contributed by atoms with Crippen LogP contribution in [0.5, 0.6) is 0 Å². The van der Waals surface area contributed by atoms with Crippen LogP contribution in [0.25, 0.3) is 0 Å². The molecule has 2 saturated heterocycles. The minimum atomic E-state index is -0.192. The standard InChI is InChI=1S/C17H22N2O3/c20-15(14-3-10-22-12-14)18-7-4-17(5-8-18)6-9-19(16(17)21)11-13-1-2-13/h3,10,12-13H,1-2,4-9,11H2. The number of nitrogens with zero attached hydrogens (tertiary/aromatic N) is 2. The molecule has 0 bridgehead atoms. The lowest BCUT2D eigenvalue weighted by molar-refractivity contribution is -0.138. The van der Waals surface area contributed by atoms with Gasteiger partial charge in [0.2, 0.25) is 5.91 Å².